The summed E-state index contributed by atoms with van der Waals surface area (Å²) in [5, 5.41) is 0. The summed E-state index contributed by atoms with van der Waals surface area (Å²) in [7, 11) is 0. The zero-order chi connectivity index (χ0) is 14.3. The second kappa shape index (κ2) is 4.68. The van der Waals surface area contributed by atoms with Crippen LogP contribution in [-0.2, 0) is 6.18 Å². The van der Waals surface area contributed by atoms with Crippen molar-refractivity contribution in [3.63, 3.8) is 0 Å². The van der Waals surface area contributed by atoms with E-state index >= 15 is 0 Å². The Labute approximate surface area is 106 Å². The fraction of sp³-hybridized carbons (Fsp3) is 0.545. The molecule has 0 saturated carbocycles. The van der Waals surface area contributed by atoms with Gasteiger partial charge in [0.05, 0.1) is 13.1 Å². The zero-order valence-electron chi connectivity index (χ0n) is 9.79. The van der Waals surface area contributed by atoms with Crippen LogP contribution in [0.3, 0.4) is 0 Å². The van der Waals surface area contributed by atoms with E-state index in [0.717, 1.165) is 12.3 Å². The topological polar surface area (TPSA) is 42.1 Å². The van der Waals surface area contributed by atoms with E-state index in [1.807, 2.05) is 0 Å². The Morgan fingerprint density at radius 1 is 1.32 bits per heavy atom. The van der Waals surface area contributed by atoms with Crippen molar-refractivity contribution in [1.29, 1.82) is 0 Å². The monoisotopic (exact) mass is 281 g/mol. The number of alkyl halides is 5. The van der Waals surface area contributed by atoms with Crippen molar-refractivity contribution in [2.75, 3.05) is 19.6 Å². The molecule has 19 heavy (non-hydrogen) atoms. The minimum atomic E-state index is -4.51. The molecular formula is C11H12F5N3. The molecule has 1 fully saturated rings. The summed E-state index contributed by atoms with van der Waals surface area (Å²) in [6, 6.07) is 1.52. The highest BCUT2D eigenvalue weighted by atomic mass is 19.4. The third kappa shape index (κ3) is 3.01. The standard InChI is InChI=1S/C11H12F5N3/c12-10(13)5-19(6-10)8(3-17)7-1-2-9(18-4-7)11(14,15)16/h1-2,4,8H,3,5-6,17H2. The van der Waals surface area contributed by atoms with Gasteiger partial charge in [-0.3, -0.25) is 9.88 Å². The molecule has 1 aromatic heterocycles. The first-order valence-electron chi connectivity index (χ1n) is 5.58. The maximum atomic E-state index is 12.8. The second-order valence-electron chi connectivity index (χ2n) is 4.49. The number of nitrogens with zero attached hydrogens (tertiary/aromatic N) is 2. The quantitative estimate of drug-likeness (QED) is 0.862. The van der Waals surface area contributed by atoms with E-state index in [0.29, 0.717) is 5.56 Å². The minimum Gasteiger partial charge on any atom is -0.329 e. The lowest BCUT2D eigenvalue weighted by Crippen LogP contribution is -2.58. The predicted octanol–water partition coefficient (Wildman–Crippen LogP) is 2.05. The number of nitrogens with two attached hydrogens (primary N) is 1. The number of likely N-dealkylation sites (tertiary alicyclic amines) is 1. The number of aromatic nitrogens is 1. The molecule has 1 atom stereocenters. The number of pyridine rings is 1. The molecule has 1 aliphatic heterocycles. The van der Waals surface area contributed by atoms with Crippen LogP contribution in [0.4, 0.5) is 22.0 Å². The van der Waals surface area contributed by atoms with E-state index in [9.17, 15) is 22.0 Å². The van der Waals surface area contributed by atoms with Gasteiger partial charge in [-0.15, -0.1) is 0 Å². The molecule has 2 N–H and O–H groups in total. The Morgan fingerprint density at radius 3 is 2.32 bits per heavy atom. The predicted molar refractivity (Wildman–Crippen MR) is 57.6 cm³/mol. The van der Waals surface area contributed by atoms with Crippen molar-refractivity contribution in [1.82, 2.24) is 9.88 Å². The SMILES string of the molecule is NCC(c1ccc(C(F)(F)F)nc1)N1CC(F)(F)C1. The smallest absolute Gasteiger partial charge is 0.329 e. The first-order chi connectivity index (χ1) is 8.73. The van der Waals surface area contributed by atoms with Gasteiger partial charge < -0.3 is 5.73 Å². The Morgan fingerprint density at radius 2 is 1.95 bits per heavy atom. The van der Waals surface area contributed by atoms with Crippen LogP contribution in [-0.4, -0.2) is 35.4 Å². The number of rotatable bonds is 3. The lowest BCUT2D eigenvalue weighted by atomic mass is 10.0. The van der Waals surface area contributed by atoms with Crippen LogP contribution in [0.5, 0.6) is 0 Å². The average Bonchev–Trinajstić information content (AvgIpc) is 2.27. The Hall–Kier alpha value is -1.28. The number of halogens is 5. The summed E-state index contributed by atoms with van der Waals surface area (Å²) in [5.74, 6) is -2.74. The van der Waals surface area contributed by atoms with Gasteiger partial charge >= 0.3 is 6.18 Å². The third-order valence-electron chi connectivity index (χ3n) is 2.99. The summed E-state index contributed by atoms with van der Waals surface area (Å²) < 4.78 is 62.6. The van der Waals surface area contributed by atoms with E-state index in [1.165, 1.54) is 11.0 Å². The molecule has 0 bridgehead atoms. The molecule has 3 nitrogen and oxygen atoms in total. The lowest BCUT2D eigenvalue weighted by Gasteiger charge is -2.43. The largest absolute Gasteiger partial charge is 0.433 e. The molecule has 1 aliphatic rings. The Kier molecular flexibility index (Phi) is 3.48. The Balaban J connectivity index is 2.12. The first kappa shape index (κ1) is 14.1. The summed E-state index contributed by atoms with van der Waals surface area (Å²) in [6.07, 6.45) is -3.47. The van der Waals surface area contributed by atoms with Crippen molar-refractivity contribution in [2.24, 2.45) is 5.73 Å². The molecule has 2 rings (SSSR count). The number of hydrogen-bond donors (Lipinski definition) is 1. The van der Waals surface area contributed by atoms with Gasteiger partial charge in [0, 0.05) is 18.8 Å². The minimum absolute atomic E-state index is 0.0448. The van der Waals surface area contributed by atoms with Crippen LogP contribution in [0.15, 0.2) is 18.3 Å². The first-order valence-corrected chi connectivity index (χ1v) is 5.58. The highest BCUT2D eigenvalue weighted by Gasteiger charge is 2.46. The molecule has 1 aromatic rings. The second-order valence-corrected chi connectivity index (χ2v) is 4.49. The van der Waals surface area contributed by atoms with Crippen molar-refractivity contribution < 1.29 is 22.0 Å². The van der Waals surface area contributed by atoms with Gasteiger partial charge in [-0.05, 0) is 11.6 Å². The lowest BCUT2D eigenvalue weighted by molar-refractivity contribution is -0.145. The fourth-order valence-electron chi connectivity index (χ4n) is 2.03. The van der Waals surface area contributed by atoms with Crippen LogP contribution < -0.4 is 5.73 Å². The van der Waals surface area contributed by atoms with E-state index < -0.39 is 36.9 Å². The molecule has 2 heterocycles. The van der Waals surface area contributed by atoms with Gasteiger partial charge in [0.15, 0.2) is 0 Å². The van der Waals surface area contributed by atoms with Gasteiger partial charge in [0.2, 0.25) is 0 Å². The van der Waals surface area contributed by atoms with Crippen LogP contribution in [0.1, 0.15) is 17.3 Å². The average molecular weight is 281 g/mol. The summed E-state index contributed by atoms with van der Waals surface area (Å²) in [6.45, 7) is -0.825. The molecule has 0 radical (unpaired) electrons. The van der Waals surface area contributed by atoms with Crippen molar-refractivity contribution in [3.05, 3.63) is 29.6 Å². The molecule has 0 aliphatic carbocycles. The molecule has 1 saturated heterocycles. The fourth-order valence-corrected chi connectivity index (χ4v) is 2.03. The highest BCUT2D eigenvalue weighted by Crippen LogP contribution is 2.34. The molecule has 0 amide bonds. The van der Waals surface area contributed by atoms with Gasteiger partial charge in [0.25, 0.3) is 5.92 Å². The molecule has 0 aromatic carbocycles. The van der Waals surface area contributed by atoms with Crippen LogP contribution >= 0.6 is 0 Å². The van der Waals surface area contributed by atoms with Gasteiger partial charge in [0.1, 0.15) is 5.69 Å². The van der Waals surface area contributed by atoms with Gasteiger partial charge in [-0.1, -0.05) is 6.07 Å². The molecule has 106 valence electrons. The van der Waals surface area contributed by atoms with Gasteiger partial charge in [-0.2, -0.15) is 13.2 Å². The van der Waals surface area contributed by atoms with Crippen LogP contribution in [0.25, 0.3) is 0 Å². The maximum absolute atomic E-state index is 12.8. The normalized spacial score (nSPS) is 20.9. The van der Waals surface area contributed by atoms with Crippen molar-refractivity contribution in [2.45, 2.75) is 18.1 Å². The third-order valence-corrected chi connectivity index (χ3v) is 2.99. The van der Waals surface area contributed by atoms with E-state index in [1.54, 1.807) is 0 Å². The van der Waals surface area contributed by atoms with Crippen LogP contribution in [0.2, 0.25) is 0 Å². The molecular weight excluding hydrogens is 269 g/mol. The summed E-state index contributed by atoms with van der Waals surface area (Å²) in [4.78, 5) is 4.72. The van der Waals surface area contributed by atoms with Crippen molar-refractivity contribution in [3.8, 4) is 0 Å². The molecule has 1 unspecified atom stereocenters. The van der Waals surface area contributed by atoms with Crippen molar-refractivity contribution >= 4 is 0 Å². The van der Waals surface area contributed by atoms with Gasteiger partial charge in [-0.25, -0.2) is 8.78 Å². The number of hydrogen-bond acceptors (Lipinski definition) is 3. The van der Waals surface area contributed by atoms with E-state index in [2.05, 4.69) is 4.98 Å². The maximum Gasteiger partial charge on any atom is 0.433 e. The summed E-state index contributed by atoms with van der Waals surface area (Å²) >= 11 is 0. The highest BCUT2D eigenvalue weighted by molar-refractivity contribution is 5.20. The molecule has 8 heteroatoms. The Bertz CT molecular complexity index is 435. The van der Waals surface area contributed by atoms with E-state index in [-0.39, 0.29) is 6.54 Å². The van der Waals surface area contributed by atoms with E-state index in [4.69, 9.17) is 5.73 Å². The molecule has 0 spiro atoms. The van der Waals surface area contributed by atoms with Crippen LogP contribution in [0, 0.1) is 0 Å². The summed E-state index contributed by atoms with van der Waals surface area (Å²) in [5.41, 5.74) is 4.89. The zero-order valence-corrected chi connectivity index (χ0v) is 9.79.